The number of benzene rings is 2. The van der Waals surface area contributed by atoms with Crippen LogP contribution >= 0.6 is 11.8 Å². The molecule has 1 N–H and O–H groups in total. The third kappa shape index (κ3) is 5.51. The lowest BCUT2D eigenvalue weighted by molar-refractivity contribution is -0.140. The summed E-state index contributed by atoms with van der Waals surface area (Å²) in [4.78, 5) is 23.1. The Morgan fingerprint density at radius 2 is 1.79 bits per heavy atom. The molecule has 150 valence electrons. The average Bonchev–Trinajstić information content (AvgIpc) is 2.75. The highest BCUT2D eigenvalue weighted by Crippen LogP contribution is 2.31. The molecule has 1 amide bonds. The lowest BCUT2D eigenvalue weighted by Crippen LogP contribution is -2.26. The molecule has 0 saturated carbocycles. The monoisotopic (exact) mass is 413 g/mol. The number of fused-ring (bicyclic) bond motifs is 1. The molecule has 0 unspecified atom stereocenters. The van der Waals surface area contributed by atoms with Crippen LogP contribution in [-0.4, -0.2) is 41.5 Å². The third-order valence-corrected chi connectivity index (χ3v) is 5.20. The Morgan fingerprint density at radius 1 is 1.07 bits per heavy atom. The molecular weight excluding hydrogens is 393 g/mol. The first-order valence-electron chi connectivity index (χ1n) is 9.06. The predicted octanol–water partition coefficient (Wildman–Crippen LogP) is 3.60. The zero-order valence-electron chi connectivity index (χ0n) is 15.9. The zero-order valence-corrected chi connectivity index (χ0v) is 16.7. The number of hydrogen-bond donors (Lipinski definition) is 1. The highest BCUT2D eigenvalue weighted by Gasteiger charge is 2.13. The summed E-state index contributed by atoms with van der Waals surface area (Å²) in [7, 11) is 1.34. The first-order chi connectivity index (χ1) is 14.1. The fraction of sp³-hybridized carbons (Fsp3) is 0.238. The van der Waals surface area contributed by atoms with Crippen LogP contribution < -0.4 is 5.32 Å². The summed E-state index contributed by atoms with van der Waals surface area (Å²) in [6, 6.07) is 13.8. The van der Waals surface area contributed by atoms with Crippen LogP contribution in [0.1, 0.15) is 12.8 Å². The van der Waals surface area contributed by atoms with Crippen LogP contribution in [0.15, 0.2) is 53.6 Å². The molecule has 0 bridgehead atoms. The number of hydrogen-bond acceptors (Lipinski definition) is 6. The fourth-order valence-electron chi connectivity index (χ4n) is 2.75. The molecule has 0 aliphatic heterocycles. The number of methoxy groups -OCH3 is 1. The largest absolute Gasteiger partial charge is 0.469 e. The van der Waals surface area contributed by atoms with Crippen molar-refractivity contribution in [2.75, 3.05) is 19.4 Å². The summed E-state index contributed by atoms with van der Waals surface area (Å²) in [6.07, 6.45) is 0.795. The van der Waals surface area contributed by atoms with Gasteiger partial charge >= 0.3 is 5.97 Å². The number of halogens is 1. The lowest BCUT2D eigenvalue weighted by Gasteiger charge is -2.09. The lowest BCUT2D eigenvalue weighted by atomic mass is 10.1. The van der Waals surface area contributed by atoms with Crippen LogP contribution in [0.3, 0.4) is 0 Å². The summed E-state index contributed by atoms with van der Waals surface area (Å²) in [5.41, 5.74) is 1.44. The smallest absolute Gasteiger partial charge is 0.305 e. The molecule has 0 radical (unpaired) electrons. The van der Waals surface area contributed by atoms with Crippen molar-refractivity contribution in [3.8, 4) is 11.3 Å². The Balaban J connectivity index is 1.68. The maximum absolute atomic E-state index is 13.2. The Bertz CT molecular complexity index is 1010. The number of nitrogens with one attached hydrogen (secondary N) is 1. The van der Waals surface area contributed by atoms with Crippen molar-refractivity contribution < 1.29 is 18.7 Å². The van der Waals surface area contributed by atoms with Gasteiger partial charge in [-0.2, -0.15) is 0 Å². The Labute approximate surface area is 171 Å². The molecule has 8 heteroatoms. The quantitative estimate of drug-likeness (QED) is 0.345. The highest BCUT2D eigenvalue weighted by molar-refractivity contribution is 8.00. The molecule has 1 heterocycles. The maximum atomic E-state index is 13.2. The number of carbonyl (C=O) groups excluding carboxylic acids is 2. The summed E-state index contributed by atoms with van der Waals surface area (Å²) in [5.74, 6) is -0.562. The number of thioether (sulfide) groups is 1. The van der Waals surface area contributed by atoms with Crippen LogP contribution in [0.2, 0.25) is 0 Å². The minimum absolute atomic E-state index is 0.145. The van der Waals surface area contributed by atoms with Crippen LogP contribution in [-0.2, 0) is 14.3 Å². The second-order valence-electron chi connectivity index (χ2n) is 6.22. The molecule has 0 aliphatic rings. The van der Waals surface area contributed by atoms with E-state index in [4.69, 9.17) is 0 Å². The number of amides is 1. The van der Waals surface area contributed by atoms with Crippen molar-refractivity contribution in [2.45, 2.75) is 17.9 Å². The maximum Gasteiger partial charge on any atom is 0.305 e. The molecule has 3 rings (SSSR count). The van der Waals surface area contributed by atoms with E-state index in [-0.39, 0.29) is 29.9 Å². The normalized spacial score (nSPS) is 10.7. The number of ether oxygens (including phenoxy) is 1. The number of aromatic nitrogens is 2. The molecule has 0 spiro atoms. The van der Waals surface area contributed by atoms with Gasteiger partial charge in [0, 0.05) is 29.3 Å². The molecule has 0 saturated heterocycles. The van der Waals surface area contributed by atoms with Crippen molar-refractivity contribution in [2.24, 2.45) is 0 Å². The van der Waals surface area contributed by atoms with Crippen LogP contribution in [0, 0.1) is 5.82 Å². The molecular formula is C21H20FN3O3S. The van der Waals surface area contributed by atoms with Gasteiger partial charge < -0.3 is 10.1 Å². The van der Waals surface area contributed by atoms with E-state index in [0.717, 1.165) is 16.3 Å². The standard InChI is InChI=1S/C21H20FN3O3S/c1-28-19(27)7-4-12-23-18(26)13-29-21-17-6-3-2-5-16(17)20(24-25-21)14-8-10-15(22)11-9-14/h2-3,5-6,8-11H,4,7,12-13H2,1H3,(H,23,26). The van der Waals surface area contributed by atoms with Crippen molar-refractivity contribution >= 4 is 34.4 Å². The van der Waals surface area contributed by atoms with Crippen molar-refractivity contribution in [3.63, 3.8) is 0 Å². The fourth-order valence-corrected chi connectivity index (χ4v) is 3.56. The summed E-state index contributed by atoms with van der Waals surface area (Å²) in [6.45, 7) is 0.407. The zero-order chi connectivity index (χ0) is 20.6. The molecule has 29 heavy (non-hydrogen) atoms. The summed E-state index contributed by atoms with van der Waals surface area (Å²) >= 11 is 1.30. The highest BCUT2D eigenvalue weighted by atomic mass is 32.2. The van der Waals surface area contributed by atoms with Gasteiger partial charge in [0.25, 0.3) is 0 Å². The van der Waals surface area contributed by atoms with E-state index in [1.165, 1.54) is 31.0 Å². The van der Waals surface area contributed by atoms with E-state index in [9.17, 15) is 14.0 Å². The van der Waals surface area contributed by atoms with E-state index in [1.807, 2.05) is 24.3 Å². The van der Waals surface area contributed by atoms with Gasteiger partial charge in [-0.05, 0) is 30.7 Å². The minimum atomic E-state index is -0.309. The minimum Gasteiger partial charge on any atom is -0.469 e. The van der Waals surface area contributed by atoms with Crippen molar-refractivity contribution in [1.29, 1.82) is 0 Å². The second kappa shape index (κ2) is 9.97. The number of rotatable bonds is 8. The predicted molar refractivity (Wildman–Crippen MR) is 110 cm³/mol. The van der Waals surface area contributed by atoms with E-state index >= 15 is 0 Å². The van der Waals surface area contributed by atoms with Gasteiger partial charge in [0.2, 0.25) is 5.91 Å². The number of nitrogens with zero attached hydrogens (tertiary/aromatic N) is 2. The third-order valence-electron chi connectivity index (χ3n) is 4.22. The van der Waals surface area contributed by atoms with E-state index in [1.54, 1.807) is 12.1 Å². The SMILES string of the molecule is COC(=O)CCCNC(=O)CSc1nnc(-c2ccc(F)cc2)c2ccccc12. The Morgan fingerprint density at radius 3 is 2.52 bits per heavy atom. The molecule has 3 aromatic rings. The van der Waals surface area contributed by atoms with Gasteiger partial charge in [-0.15, -0.1) is 10.2 Å². The second-order valence-corrected chi connectivity index (χ2v) is 7.19. The van der Waals surface area contributed by atoms with Gasteiger partial charge in [0.15, 0.2) is 0 Å². The Kier molecular flexibility index (Phi) is 7.13. The van der Waals surface area contributed by atoms with Gasteiger partial charge in [-0.1, -0.05) is 36.0 Å². The molecule has 0 atom stereocenters. The van der Waals surface area contributed by atoms with Gasteiger partial charge in [0.05, 0.1) is 12.9 Å². The van der Waals surface area contributed by atoms with E-state index in [0.29, 0.717) is 23.7 Å². The topological polar surface area (TPSA) is 81.2 Å². The number of esters is 1. The van der Waals surface area contributed by atoms with Gasteiger partial charge in [0.1, 0.15) is 16.5 Å². The molecule has 6 nitrogen and oxygen atoms in total. The van der Waals surface area contributed by atoms with E-state index < -0.39 is 0 Å². The first kappa shape index (κ1) is 20.7. The van der Waals surface area contributed by atoms with Crippen LogP contribution in [0.5, 0.6) is 0 Å². The van der Waals surface area contributed by atoms with E-state index in [2.05, 4.69) is 20.3 Å². The molecule has 2 aromatic carbocycles. The van der Waals surface area contributed by atoms with Gasteiger partial charge in [-0.3, -0.25) is 9.59 Å². The van der Waals surface area contributed by atoms with Gasteiger partial charge in [-0.25, -0.2) is 4.39 Å². The van der Waals surface area contributed by atoms with Crippen molar-refractivity contribution in [1.82, 2.24) is 15.5 Å². The van der Waals surface area contributed by atoms with Crippen LogP contribution in [0.25, 0.3) is 22.0 Å². The average molecular weight is 413 g/mol. The molecule has 0 aliphatic carbocycles. The van der Waals surface area contributed by atoms with Crippen LogP contribution in [0.4, 0.5) is 4.39 Å². The Hall–Kier alpha value is -3.00. The first-order valence-corrected chi connectivity index (χ1v) is 10.0. The summed E-state index contributed by atoms with van der Waals surface area (Å²) < 4.78 is 17.8. The molecule has 0 fully saturated rings. The summed E-state index contributed by atoms with van der Waals surface area (Å²) in [5, 5.41) is 13.8. The van der Waals surface area contributed by atoms with Crippen molar-refractivity contribution in [3.05, 3.63) is 54.3 Å². The molecule has 1 aromatic heterocycles. The number of carbonyl (C=O) groups is 2.